The van der Waals surface area contributed by atoms with E-state index < -0.39 is 10.0 Å². The highest BCUT2D eigenvalue weighted by Gasteiger charge is 2.17. The van der Waals surface area contributed by atoms with Crippen molar-refractivity contribution in [2.45, 2.75) is 42.7 Å². The van der Waals surface area contributed by atoms with Gasteiger partial charge >= 0.3 is 0 Å². The molecule has 0 aliphatic heterocycles. The Hall–Kier alpha value is -0.920. The summed E-state index contributed by atoms with van der Waals surface area (Å²) in [6, 6.07) is 3.26. The summed E-state index contributed by atoms with van der Waals surface area (Å²) in [7, 11) is -3.42. The molecule has 1 heterocycles. The zero-order chi connectivity index (χ0) is 15.1. The smallest absolute Gasteiger partial charge is 0.250 e. The van der Waals surface area contributed by atoms with E-state index in [4.69, 9.17) is 0 Å². The first-order valence-corrected chi connectivity index (χ1v) is 9.74. The molecule has 7 heteroatoms. The van der Waals surface area contributed by atoms with Gasteiger partial charge in [-0.05, 0) is 30.2 Å². The molecule has 118 valence electrons. The van der Waals surface area contributed by atoms with Gasteiger partial charge in [-0.1, -0.05) is 25.3 Å². The van der Waals surface area contributed by atoms with Crippen molar-refractivity contribution in [3.8, 4) is 0 Å². The Morgan fingerprint density at radius 1 is 1.24 bits per heavy atom. The Labute approximate surface area is 130 Å². The van der Waals surface area contributed by atoms with Gasteiger partial charge in [0.1, 0.15) is 4.21 Å². The van der Waals surface area contributed by atoms with Crippen LogP contribution >= 0.6 is 11.3 Å². The summed E-state index contributed by atoms with van der Waals surface area (Å²) in [5.74, 6) is 0.527. The van der Waals surface area contributed by atoms with E-state index >= 15 is 0 Å². The molecular formula is C14H22N2O3S2. The van der Waals surface area contributed by atoms with Crippen molar-refractivity contribution in [1.82, 2.24) is 10.0 Å². The van der Waals surface area contributed by atoms with Crippen molar-refractivity contribution < 1.29 is 13.2 Å². The quantitative estimate of drug-likeness (QED) is 0.752. The summed E-state index contributed by atoms with van der Waals surface area (Å²) in [6.45, 7) is 0.548. The van der Waals surface area contributed by atoms with E-state index in [9.17, 15) is 13.2 Å². The van der Waals surface area contributed by atoms with Gasteiger partial charge in [0.25, 0.3) is 0 Å². The lowest BCUT2D eigenvalue weighted by Crippen LogP contribution is -2.35. The Kier molecular flexibility index (Phi) is 6.20. The zero-order valence-electron chi connectivity index (χ0n) is 12.0. The van der Waals surface area contributed by atoms with Gasteiger partial charge in [0.2, 0.25) is 15.9 Å². The molecule has 0 radical (unpaired) electrons. The Bertz CT molecular complexity index is 535. The molecule has 1 amide bonds. The second-order valence-corrected chi connectivity index (χ2v) is 8.33. The van der Waals surface area contributed by atoms with Gasteiger partial charge < -0.3 is 5.32 Å². The van der Waals surface area contributed by atoms with E-state index in [1.165, 1.54) is 30.6 Å². The minimum Gasteiger partial charge on any atom is -0.355 e. The number of sulfonamides is 1. The standard InChI is InChI=1S/C14H22N2O3S2/c17-13(11-12-5-2-1-3-6-12)15-8-9-16-21(18,19)14-7-4-10-20-14/h4,7,10,12,16H,1-3,5-6,8-9,11H2,(H,15,17). The van der Waals surface area contributed by atoms with Gasteiger partial charge in [-0.3, -0.25) is 4.79 Å². The summed E-state index contributed by atoms with van der Waals surface area (Å²) in [5, 5.41) is 4.51. The molecule has 2 rings (SSSR count). The number of amides is 1. The van der Waals surface area contributed by atoms with Crippen LogP contribution in [-0.2, 0) is 14.8 Å². The summed E-state index contributed by atoms with van der Waals surface area (Å²) >= 11 is 1.18. The fourth-order valence-corrected chi connectivity index (χ4v) is 4.67. The molecule has 5 nitrogen and oxygen atoms in total. The number of carbonyl (C=O) groups excluding carboxylic acids is 1. The molecule has 0 aromatic carbocycles. The van der Waals surface area contributed by atoms with Crippen molar-refractivity contribution in [2.24, 2.45) is 5.92 Å². The molecule has 0 bridgehead atoms. The number of carbonyl (C=O) groups is 1. The maximum absolute atomic E-state index is 11.8. The minimum absolute atomic E-state index is 0.0252. The van der Waals surface area contributed by atoms with Crippen molar-refractivity contribution in [3.63, 3.8) is 0 Å². The summed E-state index contributed by atoms with van der Waals surface area (Å²) in [6.07, 6.45) is 6.56. The third-order valence-electron chi connectivity index (χ3n) is 3.70. The van der Waals surface area contributed by atoms with E-state index in [-0.39, 0.29) is 12.5 Å². The second kappa shape index (κ2) is 7.91. The average Bonchev–Trinajstić information content (AvgIpc) is 3.00. The van der Waals surface area contributed by atoms with Crippen LogP contribution in [-0.4, -0.2) is 27.4 Å². The first kappa shape index (κ1) is 16.5. The number of rotatable bonds is 7. The van der Waals surface area contributed by atoms with Crippen molar-refractivity contribution >= 4 is 27.3 Å². The van der Waals surface area contributed by atoms with Crippen LogP contribution < -0.4 is 10.0 Å². The lowest BCUT2D eigenvalue weighted by molar-refractivity contribution is -0.122. The highest BCUT2D eigenvalue weighted by molar-refractivity contribution is 7.91. The van der Waals surface area contributed by atoms with Crippen molar-refractivity contribution in [2.75, 3.05) is 13.1 Å². The molecule has 1 aliphatic carbocycles. The largest absolute Gasteiger partial charge is 0.355 e. The van der Waals surface area contributed by atoms with Crippen LogP contribution in [0.1, 0.15) is 38.5 Å². The molecule has 2 N–H and O–H groups in total. The lowest BCUT2D eigenvalue weighted by atomic mass is 9.87. The molecular weight excluding hydrogens is 308 g/mol. The molecule has 0 saturated heterocycles. The van der Waals surface area contributed by atoms with Crippen molar-refractivity contribution in [3.05, 3.63) is 17.5 Å². The predicted molar refractivity (Wildman–Crippen MR) is 83.7 cm³/mol. The zero-order valence-corrected chi connectivity index (χ0v) is 13.6. The van der Waals surface area contributed by atoms with E-state index in [2.05, 4.69) is 10.0 Å². The topological polar surface area (TPSA) is 75.3 Å². The maximum atomic E-state index is 11.8. The number of hydrogen-bond acceptors (Lipinski definition) is 4. The number of thiophene rings is 1. The average molecular weight is 330 g/mol. The first-order valence-electron chi connectivity index (χ1n) is 7.38. The summed E-state index contributed by atoms with van der Waals surface area (Å²) in [5.41, 5.74) is 0. The van der Waals surface area contributed by atoms with Crippen LogP contribution in [0, 0.1) is 5.92 Å². The van der Waals surface area contributed by atoms with Crippen LogP contribution in [0.4, 0.5) is 0 Å². The summed E-state index contributed by atoms with van der Waals surface area (Å²) < 4.78 is 26.5. The fraction of sp³-hybridized carbons (Fsp3) is 0.643. The van der Waals surface area contributed by atoms with Gasteiger partial charge in [0.15, 0.2) is 0 Å². The number of nitrogens with one attached hydrogen (secondary N) is 2. The maximum Gasteiger partial charge on any atom is 0.250 e. The van der Waals surface area contributed by atoms with Crippen LogP contribution in [0.5, 0.6) is 0 Å². The van der Waals surface area contributed by atoms with Crippen LogP contribution in [0.2, 0.25) is 0 Å². The first-order chi connectivity index (χ1) is 10.1. The van der Waals surface area contributed by atoms with Crippen LogP contribution in [0.15, 0.2) is 21.7 Å². The third-order valence-corrected chi connectivity index (χ3v) is 6.56. The molecule has 21 heavy (non-hydrogen) atoms. The summed E-state index contributed by atoms with van der Waals surface area (Å²) in [4.78, 5) is 11.8. The second-order valence-electron chi connectivity index (χ2n) is 5.39. The lowest BCUT2D eigenvalue weighted by Gasteiger charge is -2.20. The molecule has 1 aliphatic rings. The monoisotopic (exact) mass is 330 g/mol. The predicted octanol–water partition coefficient (Wildman–Crippen LogP) is 2.11. The van der Waals surface area contributed by atoms with Crippen LogP contribution in [0.3, 0.4) is 0 Å². The third kappa shape index (κ3) is 5.41. The molecule has 1 aromatic heterocycles. The highest BCUT2D eigenvalue weighted by atomic mass is 32.2. The van der Waals surface area contributed by atoms with E-state index in [0.29, 0.717) is 23.1 Å². The van der Waals surface area contributed by atoms with Gasteiger partial charge in [0.05, 0.1) is 0 Å². The van der Waals surface area contributed by atoms with Gasteiger partial charge in [0, 0.05) is 19.5 Å². The normalized spacial score (nSPS) is 16.8. The van der Waals surface area contributed by atoms with Gasteiger partial charge in [-0.2, -0.15) is 0 Å². The Morgan fingerprint density at radius 2 is 2.00 bits per heavy atom. The van der Waals surface area contributed by atoms with E-state index in [0.717, 1.165) is 12.8 Å². The van der Waals surface area contributed by atoms with Crippen molar-refractivity contribution in [1.29, 1.82) is 0 Å². The van der Waals surface area contributed by atoms with E-state index in [1.54, 1.807) is 17.5 Å². The SMILES string of the molecule is O=C(CC1CCCCC1)NCCNS(=O)(=O)c1cccs1. The molecule has 0 atom stereocenters. The van der Waals surface area contributed by atoms with Gasteiger partial charge in [-0.15, -0.1) is 11.3 Å². The minimum atomic E-state index is -3.42. The molecule has 0 spiro atoms. The van der Waals surface area contributed by atoms with Gasteiger partial charge in [-0.25, -0.2) is 13.1 Å². The Morgan fingerprint density at radius 3 is 2.67 bits per heavy atom. The van der Waals surface area contributed by atoms with Crippen LogP contribution in [0.25, 0.3) is 0 Å². The molecule has 1 saturated carbocycles. The highest BCUT2D eigenvalue weighted by Crippen LogP contribution is 2.25. The Balaban J connectivity index is 1.64. The molecule has 1 aromatic rings. The fourth-order valence-electron chi connectivity index (χ4n) is 2.60. The molecule has 0 unspecified atom stereocenters. The van der Waals surface area contributed by atoms with E-state index in [1.807, 2.05) is 0 Å². The molecule has 1 fully saturated rings. The number of hydrogen-bond donors (Lipinski definition) is 2.